The highest BCUT2D eigenvalue weighted by Crippen LogP contribution is 2.19. The van der Waals surface area contributed by atoms with Crippen LogP contribution in [0.1, 0.15) is 25.5 Å². The van der Waals surface area contributed by atoms with Crippen LogP contribution in [0.2, 0.25) is 5.02 Å². The minimum absolute atomic E-state index is 0.0580. The Morgan fingerprint density at radius 1 is 1.14 bits per heavy atom. The molecule has 3 nitrogen and oxygen atoms in total. The van der Waals surface area contributed by atoms with Crippen molar-refractivity contribution in [2.24, 2.45) is 0 Å². The number of carbonyl (C=O) groups excluding carboxylic acids is 1. The normalized spacial score (nSPS) is 13.5. The van der Waals surface area contributed by atoms with Gasteiger partial charge in [-0.25, -0.2) is 4.39 Å². The lowest BCUT2D eigenvalue weighted by Gasteiger charge is -2.17. The van der Waals surface area contributed by atoms with E-state index in [9.17, 15) is 9.18 Å². The van der Waals surface area contributed by atoms with Gasteiger partial charge in [-0.05, 0) is 44.2 Å². The molecule has 2 aromatic carbocycles. The smallest absolute Gasteiger partial charge is 0.282 e. The van der Waals surface area contributed by atoms with Crippen LogP contribution >= 0.6 is 11.6 Å². The van der Waals surface area contributed by atoms with Gasteiger partial charge >= 0.3 is 0 Å². The largest absolute Gasteiger partial charge is 0.330 e. The zero-order valence-corrected chi connectivity index (χ0v) is 13.3. The van der Waals surface area contributed by atoms with Gasteiger partial charge in [0.2, 0.25) is 0 Å². The number of rotatable bonds is 5. The molecule has 0 fully saturated rings. The zero-order chi connectivity index (χ0) is 16.1. The van der Waals surface area contributed by atoms with Crippen LogP contribution < -0.4 is 10.6 Å². The molecule has 0 aliphatic rings. The highest BCUT2D eigenvalue weighted by molar-refractivity contribution is 6.31. The number of amides is 1. The van der Waals surface area contributed by atoms with Crippen molar-refractivity contribution in [2.45, 2.75) is 25.9 Å². The molecule has 0 aliphatic carbocycles. The predicted octanol–water partition coefficient (Wildman–Crippen LogP) is 3.13. The van der Waals surface area contributed by atoms with E-state index >= 15 is 0 Å². The quantitative estimate of drug-likeness (QED) is 0.873. The first-order valence-electron chi connectivity index (χ1n) is 7.13. The van der Waals surface area contributed by atoms with Crippen LogP contribution in [0.3, 0.4) is 0 Å². The Bertz CT molecular complexity index is 645. The van der Waals surface area contributed by atoms with Crippen LogP contribution in [0, 0.1) is 5.82 Å². The average molecular weight is 322 g/mol. The molecule has 0 saturated heterocycles. The monoisotopic (exact) mass is 321 g/mol. The first-order chi connectivity index (χ1) is 10.5. The third-order valence-corrected chi connectivity index (χ3v) is 3.84. The van der Waals surface area contributed by atoms with E-state index in [2.05, 4.69) is 5.32 Å². The van der Waals surface area contributed by atoms with Crippen LogP contribution in [0.25, 0.3) is 0 Å². The molecule has 0 aromatic heterocycles. The highest BCUT2D eigenvalue weighted by atomic mass is 35.5. The first kappa shape index (κ1) is 16.5. The number of quaternary nitrogens is 1. The number of nitrogens with one attached hydrogen (secondary N) is 1. The lowest BCUT2D eigenvalue weighted by Crippen LogP contribution is -2.91. The lowest BCUT2D eigenvalue weighted by molar-refractivity contribution is -0.709. The van der Waals surface area contributed by atoms with Crippen LogP contribution in [0.5, 0.6) is 0 Å². The van der Waals surface area contributed by atoms with Gasteiger partial charge in [-0.1, -0.05) is 29.8 Å². The van der Waals surface area contributed by atoms with Gasteiger partial charge in [0.15, 0.2) is 6.04 Å². The number of halogens is 2. The van der Waals surface area contributed by atoms with Crippen molar-refractivity contribution in [3.8, 4) is 0 Å². The second kappa shape index (κ2) is 7.38. The molecule has 0 spiro atoms. The summed E-state index contributed by atoms with van der Waals surface area (Å²) in [6.07, 6.45) is 0. The molecule has 2 aromatic rings. The minimum Gasteiger partial charge on any atom is -0.330 e. The first-order valence-corrected chi connectivity index (χ1v) is 7.51. The van der Waals surface area contributed by atoms with Gasteiger partial charge in [-0.3, -0.25) is 4.79 Å². The fourth-order valence-corrected chi connectivity index (χ4v) is 2.57. The average Bonchev–Trinajstić information content (AvgIpc) is 2.49. The van der Waals surface area contributed by atoms with Crippen molar-refractivity contribution in [1.82, 2.24) is 0 Å². The van der Waals surface area contributed by atoms with E-state index in [0.29, 0.717) is 10.7 Å². The maximum absolute atomic E-state index is 12.8. The van der Waals surface area contributed by atoms with Crippen molar-refractivity contribution in [3.05, 3.63) is 64.9 Å². The number of anilines is 1. The lowest BCUT2D eigenvalue weighted by atomic mass is 10.1. The van der Waals surface area contributed by atoms with Crippen molar-refractivity contribution in [3.63, 3.8) is 0 Å². The summed E-state index contributed by atoms with van der Waals surface area (Å²) >= 11 is 6.17. The molecular weight excluding hydrogens is 303 g/mol. The molecule has 0 saturated carbocycles. The van der Waals surface area contributed by atoms with Gasteiger partial charge in [-0.2, -0.15) is 0 Å². The fourth-order valence-electron chi connectivity index (χ4n) is 2.26. The van der Waals surface area contributed by atoms with E-state index in [4.69, 9.17) is 11.6 Å². The Morgan fingerprint density at radius 3 is 2.41 bits per heavy atom. The van der Waals surface area contributed by atoms with Crippen molar-refractivity contribution in [1.29, 1.82) is 0 Å². The molecule has 0 bridgehead atoms. The van der Waals surface area contributed by atoms with E-state index in [1.54, 1.807) is 0 Å². The van der Waals surface area contributed by atoms with Crippen LogP contribution in [-0.4, -0.2) is 11.9 Å². The Kier molecular flexibility index (Phi) is 5.52. The predicted molar refractivity (Wildman–Crippen MR) is 86.3 cm³/mol. The number of hydrogen-bond donors (Lipinski definition) is 2. The standard InChI is InChI=1S/C17H18ClFN2O/c1-11(15-5-3-4-6-16(15)18)20-12(2)17(22)21-14-9-7-13(19)8-10-14/h3-12,20H,1-2H3,(H,21,22)/p+1/t11-,12-/m0/s1. The molecule has 5 heteroatoms. The maximum atomic E-state index is 12.8. The molecule has 0 unspecified atom stereocenters. The molecule has 2 atom stereocenters. The molecule has 2 rings (SSSR count). The van der Waals surface area contributed by atoms with Gasteiger partial charge in [0, 0.05) is 16.3 Å². The number of hydrogen-bond acceptors (Lipinski definition) is 1. The Balaban J connectivity index is 1.96. The number of nitrogens with two attached hydrogens (primary N) is 1. The maximum Gasteiger partial charge on any atom is 0.282 e. The summed E-state index contributed by atoms with van der Waals surface area (Å²) in [6.45, 7) is 3.83. The second-order valence-electron chi connectivity index (χ2n) is 5.29. The fraction of sp³-hybridized carbons (Fsp3) is 0.235. The molecule has 0 heterocycles. The molecular formula is C17H19ClFN2O+. The zero-order valence-electron chi connectivity index (χ0n) is 12.5. The van der Waals surface area contributed by atoms with E-state index < -0.39 is 0 Å². The second-order valence-corrected chi connectivity index (χ2v) is 5.69. The molecule has 1 amide bonds. The van der Waals surface area contributed by atoms with E-state index in [0.717, 1.165) is 5.56 Å². The Labute approximate surface area is 134 Å². The summed E-state index contributed by atoms with van der Waals surface area (Å²) in [6, 6.07) is 13.1. The van der Waals surface area contributed by atoms with Crippen LogP contribution in [0.4, 0.5) is 10.1 Å². The summed E-state index contributed by atoms with van der Waals surface area (Å²) < 4.78 is 12.8. The van der Waals surface area contributed by atoms with Crippen LogP contribution in [0.15, 0.2) is 48.5 Å². The molecule has 22 heavy (non-hydrogen) atoms. The van der Waals surface area contributed by atoms with E-state index in [1.165, 1.54) is 24.3 Å². The van der Waals surface area contributed by atoms with Gasteiger partial charge in [0.25, 0.3) is 5.91 Å². The topological polar surface area (TPSA) is 45.7 Å². The summed E-state index contributed by atoms with van der Waals surface area (Å²) in [4.78, 5) is 12.2. The van der Waals surface area contributed by atoms with Gasteiger partial charge in [-0.15, -0.1) is 0 Å². The third-order valence-electron chi connectivity index (χ3n) is 3.50. The Hall–Kier alpha value is -1.91. The molecule has 3 N–H and O–H groups in total. The molecule has 116 valence electrons. The summed E-state index contributed by atoms with van der Waals surface area (Å²) in [5, 5.41) is 5.41. The Morgan fingerprint density at radius 2 is 1.77 bits per heavy atom. The molecule has 0 radical (unpaired) electrons. The van der Waals surface area contributed by atoms with E-state index in [1.807, 2.05) is 43.4 Å². The van der Waals surface area contributed by atoms with Crippen LogP contribution in [-0.2, 0) is 4.79 Å². The summed E-state index contributed by atoms with van der Waals surface area (Å²) in [7, 11) is 0. The van der Waals surface area contributed by atoms with E-state index in [-0.39, 0.29) is 23.8 Å². The minimum atomic E-state index is -0.329. The number of carbonyl (C=O) groups is 1. The summed E-state index contributed by atoms with van der Waals surface area (Å²) in [5.41, 5.74) is 1.57. The van der Waals surface area contributed by atoms with Gasteiger partial charge in [0.05, 0.1) is 0 Å². The third kappa shape index (κ3) is 4.29. The van der Waals surface area contributed by atoms with Gasteiger partial charge < -0.3 is 10.6 Å². The number of benzene rings is 2. The summed E-state index contributed by atoms with van der Waals surface area (Å²) in [5.74, 6) is -0.463. The van der Waals surface area contributed by atoms with Gasteiger partial charge in [0.1, 0.15) is 11.9 Å². The SMILES string of the molecule is C[C@H]([NH2+][C@@H](C)c1ccccc1Cl)C(=O)Nc1ccc(F)cc1. The van der Waals surface area contributed by atoms with Crippen molar-refractivity contribution >= 4 is 23.2 Å². The van der Waals surface area contributed by atoms with Crippen molar-refractivity contribution < 1.29 is 14.5 Å². The molecule has 0 aliphatic heterocycles. The highest BCUT2D eigenvalue weighted by Gasteiger charge is 2.21. The van der Waals surface area contributed by atoms with Crippen molar-refractivity contribution in [2.75, 3.05) is 5.32 Å².